The fourth-order valence-electron chi connectivity index (χ4n) is 3.11. The van der Waals surface area contributed by atoms with E-state index in [-0.39, 0.29) is 6.54 Å². The number of furan rings is 1. The van der Waals surface area contributed by atoms with Crippen molar-refractivity contribution in [2.24, 2.45) is 4.99 Å². The van der Waals surface area contributed by atoms with E-state index in [0.717, 1.165) is 23.4 Å². The molecule has 8 heteroatoms. The third kappa shape index (κ3) is 3.24. The van der Waals surface area contributed by atoms with E-state index in [4.69, 9.17) is 16.6 Å². The Bertz CT molecular complexity index is 1100. The van der Waals surface area contributed by atoms with Crippen LogP contribution in [0.5, 0.6) is 0 Å². The number of fused-ring (bicyclic) bond motifs is 3. The van der Waals surface area contributed by atoms with Crippen LogP contribution in [0, 0.1) is 0 Å². The molecule has 1 aromatic heterocycles. The lowest BCUT2D eigenvalue weighted by molar-refractivity contribution is -0.137. The number of nitrogens with zero attached hydrogens (tertiary/aromatic N) is 2. The number of anilines is 2. The lowest BCUT2D eigenvalue weighted by Crippen LogP contribution is -2.11. The first-order valence-corrected chi connectivity index (χ1v) is 8.91. The monoisotopic (exact) mass is 403 g/mol. The van der Waals surface area contributed by atoms with Gasteiger partial charge in [0.15, 0.2) is 5.76 Å². The van der Waals surface area contributed by atoms with E-state index < -0.39 is 11.7 Å². The minimum atomic E-state index is -4.44. The van der Waals surface area contributed by atoms with E-state index in [2.05, 4.69) is 10.3 Å². The van der Waals surface area contributed by atoms with Gasteiger partial charge in [-0.25, -0.2) is 0 Å². The minimum Gasteiger partial charge on any atom is -0.452 e. The zero-order valence-electron chi connectivity index (χ0n) is 15.1. The van der Waals surface area contributed by atoms with Crippen LogP contribution in [0.3, 0.4) is 0 Å². The predicted molar refractivity (Wildman–Crippen MR) is 109 cm³/mol. The van der Waals surface area contributed by atoms with Crippen LogP contribution in [0.2, 0.25) is 0 Å². The summed E-state index contributed by atoms with van der Waals surface area (Å²) in [5.41, 5.74) is 2.39. The van der Waals surface area contributed by atoms with Gasteiger partial charge in [0, 0.05) is 30.7 Å². The summed E-state index contributed by atoms with van der Waals surface area (Å²) in [6.45, 7) is 0.227. The summed E-state index contributed by atoms with van der Waals surface area (Å²) in [6.07, 6.45) is -4.44. The Hall–Kier alpha value is -2.87. The summed E-state index contributed by atoms with van der Waals surface area (Å²) in [5, 5.41) is 3.33. The molecule has 28 heavy (non-hydrogen) atoms. The Labute approximate surface area is 164 Å². The SMILES string of the molecule is CN(C)c1ccc(C2=NCC(=S)Nc3c2oc2ccc(C(F)(F)F)cc32)cc1. The first-order chi connectivity index (χ1) is 13.2. The van der Waals surface area contributed by atoms with E-state index in [1.165, 1.54) is 6.07 Å². The van der Waals surface area contributed by atoms with Gasteiger partial charge in [0.2, 0.25) is 0 Å². The van der Waals surface area contributed by atoms with E-state index in [9.17, 15) is 13.2 Å². The van der Waals surface area contributed by atoms with Crippen molar-refractivity contribution in [3.8, 4) is 0 Å². The Balaban J connectivity index is 1.88. The third-order valence-corrected chi connectivity index (χ3v) is 4.76. The molecule has 0 bridgehead atoms. The number of benzene rings is 2. The number of hydrogen-bond acceptors (Lipinski definition) is 4. The van der Waals surface area contributed by atoms with Crippen molar-refractivity contribution in [3.63, 3.8) is 0 Å². The minimum absolute atomic E-state index is 0.227. The van der Waals surface area contributed by atoms with Gasteiger partial charge >= 0.3 is 6.18 Å². The van der Waals surface area contributed by atoms with Crippen LogP contribution in [0.1, 0.15) is 16.9 Å². The highest BCUT2D eigenvalue weighted by Gasteiger charge is 2.32. The van der Waals surface area contributed by atoms with Crippen LogP contribution in [-0.4, -0.2) is 31.3 Å². The third-order valence-electron chi connectivity index (χ3n) is 4.53. The van der Waals surface area contributed by atoms with Gasteiger partial charge in [0.05, 0.1) is 17.8 Å². The second kappa shape index (κ2) is 6.63. The van der Waals surface area contributed by atoms with Crippen LogP contribution in [0.4, 0.5) is 24.5 Å². The molecule has 0 aliphatic carbocycles. The molecule has 2 heterocycles. The zero-order chi connectivity index (χ0) is 20.1. The molecule has 1 N–H and O–H groups in total. The Kier molecular flexibility index (Phi) is 4.38. The quantitative estimate of drug-likeness (QED) is 0.604. The Morgan fingerprint density at radius 3 is 2.46 bits per heavy atom. The maximum absolute atomic E-state index is 13.2. The predicted octanol–water partition coefficient (Wildman–Crippen LogP) is 5.11. The average molecular weight is 403 g/mol. The normalized spacial score (nSPS) is 14.3. The molecule has 4 nitrogen and oxygen atoms in total. The largest absolute Gasteiger partial charge is 0.452 e. The van der Waals surface area contributed by atoms with Gasteiger partial charge in [-0.3, -0.25) is 4.99 Å². The molecule has 0 amide bonds. The summed E-state index contributed by atoms with van der Waals surface area (Å²) in [6, 6.07) is 11.1. The number of thiocarbonyl (C=S) groups is 1. The topological polar surface area (TPSA) is 40.8 Å². The second-order valence-electron chi connectivity index (χ2n) is 6.67. The number of halogens is 3. The lowest BCUT2D eigenvalue weighted by atomic mass is 10.0. The fraction of sp³-hybridized carbons (Fsp3) is 0.200. The Morgan fingerprint density at radius 1 is 1.11 bits per heavy atom. The van der Waals surface area contributed by atoms with Gasteiger partial charge in [0.25, 0.3) is 0 Å². The fourth-order valence-corrected chi connectivity index (χ4v) is 3.27. The van der Waals surface area contributed by atoms with Crippen molar-refractivity contribution in [2.75, 3.05) is 30.9 Å². The van der Waals surface area contributed by atoms with Gasteiger partial charge in [0.1, 0.15) is 16.3 Å². The van der Waals surface area contributed by atoms with Gasteiger partial charge in [-0.15, -0.1) is 0 Å². The summed E-state index contributed by atoms with van der Waals surface area (Å²) in [5.74, 6) is 0.381. The molecule has 0 fully saturated rings. The first kappa shape index (κ1) is 18.5. The highest BCUT2D eigenvalue weighted by molar-refractivity contribution is 7.80. The van der Waals surface area contributed by atoms with Crippen LogP contribution < -0.4 is 10.2 Å². The molecule has 0 saturated heterocycles. The van der Waals surface area contributed by atoms with Gasteiger partial charge < -0.3 is 14.6 Å². The van der Waals surface area contributed by atoms with Crippen molar-refractivity contribution in [2.45, 2.75) is 6.18 Å². The van der Waals surface area contributed by atoms with Crippen molar-refractivity contribution in [1.29, 1.82) is 0 Å². The van der Waals surface area contributed by atoms with E-state index in [1.54, 1.807) is 0 Å². The molecule has 1 aliphatic heterocycles. The van der Waals surface area contributed by atoms with E-state index in [1.807, 2.05) is 43.3 Å². The van der Waals surface area contributed by atoms with Gasteiger partial charge in [-0.05, 0) is 30.3 Å². The van der Waals surface area contributed by atoms with Crippen LogP contribution in [0.15, 0.2) is 51.9 Å². The molecule has 4 rings (SSSR count). The molecule has 0 unspecified atom stereocenters. The molecule has 3 aromatic rings. The number of nitrogens with one attached hydrogen (secondary N) is 1. The smallest absolute Gasteiger partial charge is 0.416 e. The highest BCUT2D eigenvalue weighted by Crippen LogP contribution is 2.38. The second-order valence-corrected chi connectivity index (χ2v) is 7.16. The molecular formula is C20H16F3N3OS. The average Bonchev–Trinajstić information content (AvgIpc) is 2.90. The Morgan fingerprint density at radius 2 is 1.82 bits per heavy atom. The summed E-state index contributed by atoms with van der Waals surface area (Å²) in [7, 11) is 3.88. The highest BCUT2D eigenvalue weighted by atomic mass is 32.1. The van der Waals surface area contributed by atoms with Crippen molar-refractivity contribution < 1.29 is 17.6 Å². The van der Waals surface area contributed by atoms with E-state index >= 15 is 0 Å². The number of rotatable bonds is 2. The molecule has 0 atom stereocenters. The zero-order valence-corrected chi connectivity index (χ0v) is 15.9. The summed E-state index contributed by atoms with van der Waals surface area (Å²) >= 11 is 5.27. The van der Waals surface area contributed by atoms with Gasteiger partial charge in [-0.1, -0.05) is 24.4 Å². The maximum atomic E-state index is 13.2. The van der Waals surface area contributed by atoms with Crippen molar-refractivity contribution in [1.82, 2.24) is 0 Å². The standard InChI is InChI=1S/C20H16F3N3OS/c1-26(2)13-6-3-11(4-7-13)17-19-18(25-16(28)10-24-17)14-9-12(20(21,22)23)5-8-15(14)27-19/h3-9H,10H2,1-2H3,(H,25,28). The molecule has 0 spiro atoms. The molecule has 144 valence electrons. The van der Waals surface area contributed by atoms with Crippen LogP contribution in [-0.2, 0) is 6.18 Å². The maximum Gasteiger partial charge on any atom is 0.416 e. The first-order valence-electron chi connectivity index (χ1n) is 8.50. The van der Waals surface area contributed by atoms with Crippen molar-refractivity contribution in [3.05, 3.63) is 59.4 Å². The number of alkyl halides is 3. The molecule has 2 aromatic carbocycles. The van der Waals surface area contributed by atoms with Crippen LogP contribution >= 0.6 is 12.2 Å². The van der Waals surface area contributed by atoms with Crippen molar-refractivity contribution >= 4 is 45.3 Å². The van der Waals surface area contributed by atoms with Crippen LogP contribution in [0.25, 0.3) is 11.0 Å². The molecule has 1 aliphatic rings. The molecule has 0 saturated carbocycles. The summed E-state index contributed by atoms with van der Waals surface area (Å²) in [4.78, 5) is 6.93. The number of hydrogen-bond donors (Lipinski definition) is 1. The molecular weight excluding hydrogens is 387 g/mol. The summed E-state index contributed by atoms with van der Waals surface area (Å²) < 4.78 is 45.4. The van der Waals surface area contributed by atoms with Gasteiger partial charge in [-0.2, -0.15) is 13.2 Å². The number of aliphatic imine (C=N–C) groups is 1. The molecule has 0 radical (unpaired) electrons. The van der Waals surface area contributed by atoms with E-state index in [0.29, 0.717) is 33.1 Å². The lowest BCUT2D eigenvalue weighted by Gasteiger charge is -2.13.